The van der Waals surface area contributed by atoms with Gasteiger partial charge >= 0.3 is 6.03 Å². The maximum absolute atomic E-state index is 12.8. The van der Waals surface area contributed by atoms with Gasteiger partial charge in [-0.25, -0.2) is 4.79 Å². The SMILES string of the molecule is CC(C)C(NC(=O)c1ccccc1Cl)C(=O)Nc1ccc(NC(=O)NC2CC2)cc1. The number of halogens is 1. The zero-order valence-corrected chi connectivity index (χ0v) is 17.6. The summed E-state index contributed by atoms with van der Waals surface area (Å²) < 4.78 is 0. The molecule has 0 heterocycles. The molecule has 4 N–H and O–H groups in total. The molecule has 0 radical (unpaired) electrons. The van der Waals surface area contributed by atoms with E-state index >= 15 is 0 Å². The molecule has 1 fully saturated rings. The molecule has 158 valence electrons. The summed E-state index contributed by atoms with van der Waals surface area (Å²) in [4.78, 5) is 37.1. The van der Waals surface area contributed by atoms with E-state index in [0.717, 1.165) is 12.8 Å². The van der Waals surface area contributed by atoms with Gasteiger partial charge in [0.1, 0.15) is 6.04 Å². The van der Waals surface area contributed by atoms with Crippen molar-refractivity contribution in [1.82, 2.24) is 10.6 Å². The number of hydrogen-bond acceptors (Lipinski definition) is 3. The summed E-state index contributed by atoms with van der Waals surface area (Å²) in [6.45, 7) is 3.70. The smallest absolute Gasteiger partial charge is 0.319 e. The quantitative estimate of drug-likeness (QED) is 0.536. The Morgan fingerprint density at radius 1 is 0.933 bits per heavy atom. The second-order valence-corrected chi connectivity index (χ2v) is 8.02. The molecule has 0 saturated heterocycles. The molecule has 0 aliphatic heterocycles. The number of amides is 4. The third-order valence-corrected chi connectivity index (χ3v) is 5.01. The molecule has 0 aromatic heterocycles. The van der Waals surface area contributed by atoms with Gasteiger partial charge in [0.2, 0.25) is 5.91 Å². The molecule has 3 rings (SSSR count). The molecule has 1 atom stereocenters. The van der Waals surface area contributed by atoms with Crippen molar-refractivity contribution >= 4 is 40.8 Å². The number of nitrogens with one attached hydrogen (secondary N) is 4. The third-order valence-electron chi connectivity index (χ3n) is 4.68. The first-order valence-electron chi connectivity index (χ1n) is 9.87. The van der Waals surface area contributed by atoms with Gasteiger partial charge in [-0.2, -0.15) is 0 Å². The van der Waals surface area contributed by atoms with E-state index in [0.29, 0.717) is 22.0 Å². The Bertz CT molecular complexity index is 926. The highest BCUT2D eigenvalue weighted by molar-refractivity contribution is 6.33. The molecule has 1 saturated carbocycles. The maximum Gasteiger partial charge on any atom is 0.319 e. The summed E-state index contributed by atoms with van der Waals surface area (Å²) in [6, 6.07) is 12.8. The minimum Gasteiger partial charge on any atom is -0.340 e. The van der Waals surface area contributed by atoms with Crippen LogP contribution >= 0.6 is 11.6 Å². The van der Waals surface area contributed by atoms with Gasteiger partial charge in [-0.1, -0.05) is 37.6 Å². The second-order valence-electron chi connectivity index (χ2n) is 7.61. The van der Waals surface area contributed by atoms with Gasteiger partial charge in [0.25, 0.3) is 5.91 Å². The summed E-state index contributed by atoms with van der Waals surface area (Å²) in [7, 11) is 0. The van der Waals surface area contributed by atoms with Crippen LogP contribution in [0, 0.1) is 5.92 Å². The topological polar surface area (TPSA) is 99.3 Å². The number of carbonyl (C=O) groups is 3. The largest absolute Gasteiger partial charge is 0.340 e. The summed E-state index contributed by atoms with van der Waals surface area (Å²) in [5, 5.41) is 11.5. The first-order valence-corrected chi connectivity index (χ1v) is 10.2. The fourth-order valence-corrected chi connectivity index (χ4v) is 3.06. The number of carbonyl (C=O) groups excluding carboxylic acids is 3. The number of urea groups is 1. The van der Waals surface area contributed by atoms with Gasteiger partial charge in [-0.15, -0.1) is 0 Å². The summed E-state index contributed by atoms with van der Waals surface area (Å²) in [5.41, 5.74) is 1.50. The van der Waals surface area contributed by atoms with Gasteiger partial charge < -0.3 is 21.3 Å². The number of hydrogen-bond donors (Lipinski definition) is 4. The van der Waals surface area contributed by atoms with Crippen LogP contribution in [0.4, 0.5) is 16.2 Å². The normalized spacial score (nSPS) is 14.0. The molecule has 4 amide bonds. The first kappa shape index (κ1) is 21.6. The highest BCUT2D eigenvalue weighted by atomic mass is 35.5. The predicted molar refractivity (Wildman–Crippen MR) is 118 cm³/mol. The molecule has 1 aliphatic carbocycles. The third kappa shape index (κ3) is 5.97. The molecule has 1 unspecified atom stereocenters. The summed E-state index contributed by atoms with van der Waals surface area (Å²) in [5.74, 6) is -0.878. The van der Waals surface area contributed by atoms with Gasteiger partial charge in [0, 0.05) is 17.4 Å². The molecule has 30 heavy (non-hydrogen) atoms. The minimum absolute atomic E-state index is 0.136. The van der Waals surface area contributed by atoms with E-state index < -0.39 is 11.9 Å². The van der Waals surface area contributed by atoms with Crippen molar-refractivity contribution in [1.29, 1.82) is 0 Å². The zero-order valence-electron chi connectivity index (χ0n) is 16.9. The van der Waals surface area contributed by atoms with Crippen molar-refractivity contribution < 1.29 is 14.4 Å². The van der Waals surface area contributed by atoms with Crippen LogP contribution in [0.15, 0.2) is 48.5 Å². The Hall–Kier alpha value is -3.06. The van der Waals surface area contributed by atoms with Crippen LogP contribution in [0.25, 0.3) is 0 Å². The van der Waals surface area contributed by atoms with Crippen LogP contribution in [0.1, 0.15) is 37.0 Å². The Kier molecular flexibility index (Phi) is 6.95. The van der Waals surface area contributed by atoms with E-state index in [1.165, 1.54) is 0 Å². The molecule has 0 bridgehead atoms. The fraction of sp³-hybridized carbons (Fsp3) is 0.318. The molecular weight excluding hydrogens is 404 g/mol. The van der Waals surface area contributed by atoms with Crippen molar-refractivity contribution in [3.05, 3.63) is 59.1 Å². The Balaban J connectivity index is 1.59. The lowest BCUT2D eigenvalue weighted by Crippen LogP contribution is -2.47. The molecule has 7 nitrogen and oxygen atoms in total. The van der Waals surface area contributed by atoms with Gasteiger partial charge in [0.05, 0.1) is 10.6 Å². The monoisotopic (exact) mass is 428 g/mol. The fourth-order valence-electron chi connectivity index (χ4n) is 2.84. The van der Waals surface area contributed by atoms with Gasteiger partial charge in [-0.3, -0.25) is 9.59 Å². The van der Waals surface area contributed by atoms with E-state index in [4.69, 9.17) is 11.6 Å². The molecule has 1 aliphatic rings. The molecule has 0 spiro atoms. The lowest BCUT2D eigenvalue weighted by Gasteiger charge is -2.22. The summed E-state index contributed by atoms with van der Waals surface area (Å²) >= 11 is 6.08. The van der Waals surface area contributed by atoms with Crippen molar-refractivity contribution in [3.63, 3.8) is 0 Å². The van der Waals surface area contributed by atoms with E-state index in [-0.39, 0.29) is 23.9 Å². The van der Waals surface area contributed by atoms with Crippen LogP contribution < -0.4 is 21.3 Å². The molecule has 2 aromatic carbocycles. The number of rotatable bonds is 7. The summed E-state index contributed by atoms with van der Waals surface area (Å²) in [6.07, 6.45) is 2.03. The van der Waals surface area contributed by atoms with Gasteiger partial charge in [-0.05, 0) is 55.2 Å². The standard InChI is InChI=1S/C22H25ClN4O3/c1-13(2)19(27-20(28)17-5-3-4-6-18(17)23)21(29)24-14-7-9-15(10-8-14)25-22(30)26-16-11-12-16/h3-10,13,16,19H,11-12H2,1-2H3,(H,24,29)(H,27,28)(H2,25,26,30). The molecule has 8 heteroatoms. The molecule has 2 aromatic rings. The Morgan fingerprint density at radius 2 is 1.53 bits per heavy atom. The van der Waals surface area contributed by atoms with Crippen molar-refractivity contribution in [3.8, 4) is 0 Å². The van der Waals surface area contributed by atoms with Crippen LogP contribution in [-0.4, -0.2) is 29.9 Å². The molecular formula is C22H25ClN4O3. The van der Waals surface area contributed by atoms with Crippen molar-refractivity contribution in [2.45, 2.75) is 38.8 Å². The minimum atomic E-state index is -0.740. The van der Waals surface area contributed by atoms with E-state index in [2.05, 4.69) is 21.3 Å². The lowest BCUT2D eigenvalue weighted by molar-refractivity contribution is -0.118. The average Bonchev–Trinajstić information content (AvgIpc) is 3.51. The number of anilines is 2. The Morgan fingerprint density at radius 3 is 2.10 bits per heavy atom. The highest BCUT2D eigenvalue weighted by Crippen LogP contribution is 2.20. The van der Waals surface area contributed by atoms with Crippen molar-refractivity contribution in [2.75, 3.05) is 10.6 Å². The van der Waals surface area contributed by atoms with Crippen LogP contribution in [0.3, 0.4) is 0 Å². The average molecular weight is 429 g/mol. The Labute approximate surface area is 180 Å². The van der Waals surface area contributed by atoms with Crippen LogP contribution in [0.5, 0.6) is 0 Å². The van der Waals surface area contributed by atoms with Crippen LogP contribution in [-0.2, 0) is 4.79 Å². The van der Waals surface area contributed by atoms with E-state index in [1.807, 2.05) is 13.8 Å². The second kappa shape index (κ2) is 9.63. The predicted octanol–water partition coefficient (Wildman–Crippen LogP) is 4.02. The first-order chi connectivity index (χ1) is 14.3. The zero-order chi connectivity index (χ0) is 21.7. The van der Waals surface area contributed by atoms with Crippen LogP contribution in [0.2, 0.25) is 5.02 Å². The highest BCUT2D eigenvalue weighted by Gasteiger charge is 2.26. The van der Waals surface area contributed by atoms with Gasteiger partial charge in [0.15, 0.2) is 0 Å². The number of benzene rings is 2. The maximum atomic E-state index is 12.8. The van der Waals surface area contributed by atoms with Crippen molar-refractivity contribution in [2.24, 2.45) is 5.92 Å². The van der Waals surface area contributed by atoms with E-state index in [1.54, 1.807) is 48.5 Å². The van der Waals surface area contributed by atoms with E-state index in [9.17, 15) is 14.4 Å². The lowest BCUT2D eigenvalue weighted by atomic mass is 10.0.